The van der Waals surface area contributed by atoms with Gasteiger partial charge < -0.3 is 9.64 Å². The zero-order valence-electron chi connectivity index (χ0n) is 9.45. The molecule has 18 heavy (non-hydrogen) atoms. The van der Waals surface area contributed by atoms with Crippen LogP contribution in [0.5, 0.6) is 0 Å². The maximum atomic E-state index is 10.4. The maximum absolute atomic E-state index is 10.4. The predicted octanol–water partition coefficient (Wildman–Crippen LogP) is 1.16. The Kier molecular flexibility index (Phi) is 4.06. The van der Waals surface area contributed by atoms with Crippen molar-refractivity contribution in [2.24, 2.45) is 5.10 Å². The Morgan fingerprint density at radius 2 is 2.44 bits per heavy atom. The SMILES string of the molecule is O=[N+]([O-])N=C1COCCN1Cc1ccc(Cl)nc1. The quantitative estimate of drug-likeness (QED) is 0.468. The van der Waals surface area contributed by atoms with Gasteiger partial charge in [0.2, 0.25) is 5.84 Å². The second-order valence-electron chi connectivity index (χ2n) is 3.72. The topological polar surface area (TPSA) is 80.9 Å². The van der Waals surface area contributed by atoms with Gasteiger partial charge in [0.25, 0.3) is 0 Å². The highest BCUT2D eigenvalue weighted by atomic mass is 35.5. The lowest BCUT2D eigenvalue weighted by atomic mass is 10.2. The number of hydrogen-bond acceptors (Lipinski definition) is 4. The second kappa shape index (κ2) is 5.74. The lowest BCUT2D eigenvalue weighted by Gasteiger charge is -2.28. The highest BCUT2D eigenvalue weighted by molar-refractivity contribution is 6.29. The number of nitrogens with zero attached hydrogens (tertiary/aromatic N) is 4. The molecule has 0 aliphatic carbocycles. The second-order valence-corrected chi connectivity index (χ2v) is 4.10. The largest absolute Gasteiger partial charge is 0.371 e. The number of halogens is 1. The molecule has 2 heterocycles. The summed E-state index contributed by atoms with van der Waals surface area (Å²) in [5.41, 5.74) is 0.914. The van der Waals surface area contributed by atoms with Crippen molar-refractivity contribution in [3.05, 3.63) is 39.2 Å². The standard InChI is InChI=1S/C10H11ClN4O3/c11-9-2-1-8(5-12-9)6-14-3-4-18-7-10(14)13-15(16)17/h1-2,5H,3-4,6-7H2. The monoisotopic (exact) mass is 270 g/mol. The Balaban J connectivity index is 2.10. The van der Waals surface area contributed by atoms with Gasteiger partial charge in [0.15, 0.2) is 5.03 Å². The number of hydrazone groups is 1. The molecular formula is C10H11ClN4O3. The number of hydrogen-bond donors (Lipinski definition) is 0. The fourth-order valence-electron chi connectivity index (χ4n) is 1.64. The highest BCUT2D eigenvalue weighted by Crippen LogP contribution is 2.10. The summed E-state index contributed by atoms with van der Waals surface area (Å²) in [6.07, 6.45) is 1.64. The zero-order valence-corrected chi connectivity index (χ0v) is 10.2. The molecular weight excluding hydrogens is 260 g/mol. The van der Waals surface area contributed by atoms with Gasteiger partial charge in [-0.1, -0.05) is 17.7 Å². The van der Waals surface area contributed by atoms with E-state index in [1.165, 1.54) is 0 Å². The van der Waals surface area contributed by atoms with Crippen molar-refractivity contribution in [1.82, 2.24) is 9.88 Å². The fraction of sp³-hybridized carbons (Fsp3) is 0.400. The van der Waals surface area contributed by atoms with Crippen molar-refractivity contribution in [3.63, 3.8) is 0 Å². The minimum Gasteiger partial charge on any atom is -0.371 e. The Labute approximate surface area is 108 Å². The minimum absolute atomic E-state index is 0.155. The number of aromatic nitrogens is 1. The van der Waals surface area contributed by atoms with E-state index in [0.717, 1.165) is 5.56 Å². The average Bonchev–Trinajstić information content (AvgIpc) is 2.34. The van der Waals surface area contributed by atoms with E-state index in [4.69, 9.17) is 16.3 Å². The molecule has 1 aliphatic rings. The number of pyridine rings is 1. The first kappa shape index (κ1) is 12.7. The molecule has 0 radical (unpaired) electrons. The van der Waals surface area contributed by atoms with Gasteiger partial charge in [-0.05, 0) is 11.6 Å². The summed E-state index contributed by atoms with van der Waals surface area (Å²) >= 11 is 5.69. The molecule has 1 saturated heterocycles. The number of nitro groups is 1. The van der Waals surface area contributed by atoms with Crippen LogP contribution in [0, 0.1) is 10.1 Å². The fourth-order valence-corrected chi connectivity index (χ4v) is 1.75. The van der Waals surface area contributed by atoms with Gasteiger partial charge in [-0.15, -0.1) is 0 Å². The summed E-state index contributed by atoms with van der Waals surface area (Å²) in [5.74, 6) is 0.321. The van der Waals surface area contributed by atoms with Gasteiger partial charge in [-0.3, -0.25) is 0 Å². The van der Waals surface area contributed by atoms with Gasteiger partial charge in [0.05, 0.1) is 11.7 Å². The molecule has 1 aliphatic heterocycles. The van der Waals surface area contributed by atoms with E-state index in [1.54, 1.807) is 17.2 Å². The zero-order chi connectivity index (χ0) is 13.0. The Hall–Kier alpha value is -1.73. The summed E-state index contributed by atoms with van der Waals surface area (Å²) in [7, 11) is 0. The van der Waals surface area contributed by atoms with Crippen molar-refractivity contribution in [1.29, 1.82) is 0 Å². The predicted molar refractivity (Wildman–Crippen MR) is 64.9 cm³/mol. The molecule has 0 unspecified atom stereocenters. The average molecular weight is 271 g/mol. The highest BCUT2D eigenvalue weighted by Gasteiger charge is 2.20. The van der Waals surface area contributed by atoms with Crippen molar-refractivity contribution in [2.75, 3.05) is 19.8 Å². The molecule has 1 fully saturated rings. The molecule has 0 atom stereocenters. The van der Waals surface area contributed by atoms with Crippen molar-refractivity contribution in [3.8, 4) is 0 Å². The molecule has 0 aromatic carbocycles. The Morgan fingerprint density at radius 3 is 3.11 bits per heavy atom. The number of ether oxygens (including phenoxy) is 1. The van der Waals surface area contributed by atoms with Crippen LogP contribution in [-0.2, 0) is 11.3 Å². The van der Waals surface area contributed by atoms with Crippen LogP contribution in [0.4, 0.5) is 0 Å². The van der Waals surface area contributed by atoms with Crippen LogP contribution in [0.25, 0.3) is 0 Å². The lowest BCUT2D eigenvalue weighted by Crippen LogP contribution is -2.41. The van der Waals surface area contributed by atoms with Crippen molar-refractivity contribution >= 4 is 17.4 Å². The molecule has 2 rings (SSSR count). The van der Waals surface area contributed by atoms with Gasteiger partial charge in [-0.25, -0.2) is 15.1 Å². The van der Waals surface area contributed by atoms with E-state index >= 15 is 0 Å². The van der Waals surface area contributed by atoms with Crippen LogP contribution in [-0.4, -0.2) is 40.5 Å². The van der Waals surface area contributed by atoms with Crippen LogP contribution in [0.15, 0.2) is 23.4 Å². The Bertz CT molecular complexity index is 463. The summed E-state index contributed by atoms with van der Waals surface area (Å²) in [6, 6.07) is 3.51. The maximum Gasteiger partial charge on any atom is 0.205 e. The van der Waals surface area contributed by atoms with E-state index in [-0.39, 0.29) is 6.61 Å². The van der Waals surface area contributed by atoms with Crippen molar-refractivity contribution in [2.45, 2.75) is 6.54 Å². The van der Waals surface area contributed by atoms with Gasteiger partial charge in [-0.2, -0.15) is 0 Å². The minimum atomic E-state index is -0.711. The third kappa shape index (κ3) is 3.38. The van der Waals surface area contributed by atoms with E-state index in [0.29, 0.717) is 30.7 Å². The lowest BCUT2D eigenvalue weighted by molar-refractivity contribution is -0.486. The van der Waals surface area contributed by atoms with E-state index in [9.17, 15) is 10.1 Å². The smallest absolute Gasteiger partial charge is 0.205 e. The summed E-state index contributed by atoms with van der Waals surface area (Å²) in [6.45, 7) is 1.75. The summed E-state index contributed by atoms with van der Waals surface area (Å²) in [4.78, 5) is 16.2. The molecule has 96 valence electrons. The molecule has 0 spiro atoms. The van der Waals surface area contributed by atoms with E-state index in [2.05, 4.69) is 10.1 Å². The van der Waals surface area contributed by atoms with Crippen LogP contribution in [0.3, 0.4) is 0 Å². The molecule has 0 saturated carbocycles. The number of morpholine rings is 1. The van der Waals surface area contributed by atoms with Gasteiger partial charge in [0, 0.05) is 19.3 Å². The van der Waals surface area contributed by atoms with Crippen LogP contribution in [0.2, 0.25) is 5.15 Å². The molecule has 7 nitrogen and oxygen atoms in total. The molecule has 0 bridgehead atoms. The molecule has 1 aromatic rings. The van der Waals surface area contributed by atoms with Crippen LogP contribution >= 0.6 is 11.6 Å². The van der Waals surface area contributed by atoms with Crippen LogP contribution < -0.4 is 0 Å². The summed E-state index contributed by atoms with van der Waals surface area (Å²) < 4.78 is 5.16. The molecule has 1 aromatic heterocycles. The van der Waals surface area contributed by atoms with E-state index in [1.807, 2.05) is 6.07 Å². The molecule has 0 N–H and O–H groups in total. The van der Waals surface area contributed by atoms with Crippen LogP contribution in [0.1, 0.15) is 5.56 Å². The normalized spacial score (nSPS) is 18.1. The third-order valence-corrected chi connectivity index (χ3v) is 2.68. The number of amidine groups is 1. The van der Waals surface area contributed by atoms with Crippen molar-refractivity contribution < 1.29 is 9.77 Å². The first-order valence-corrected chi connectivity index (χ1v) is 5.68. The third-order valence-electron chi connectivity index (χ3n) is 2.46. The van der Waals surface area contributed by atoms with E-state index < -0.39 is 5.03 Å². The van der Waals surface area contributed by atoms with Gasteiger partial charge >= 0.3 is 0 Å². The molecule has 0 amide bonds. The first-order valence-electron chi connectivity index (χ1n) is 5.30. The summed E-state index contributed by atoms with van der Waals surface area (Å²) in [5, 5.41) is 13.4. The Morgan fingerprint density at radius 1 is 1.61 bits per heavy atom. The molecule has 8 heteroatoms. The number of rotatable bonds is 3. The first-order chi connectivity index (χ1) is 8.65. The van der Waals surface area contributed by atoms with Gasteiger partial charge in [0.1, 0.15) is 11.8 Å².